The second-order valence-electron chi connectivity index (χ2n) is 5.66. The minimum atomic E-state index is -0.100. The molecule has 2 N–H and O–H groups in total. The molecule has 0 bridgehead atoms. The number of ether oxygens (including phenoxy) is 1. The van der Waals surface area contributed by atoms with E-state index in [0.29, 0.717) is 26.1 Å². The largest absolute Gasteiger partial charge is 0.466 e. The molecule has 21 heavy (non-hydrogen) atoms. The van der Waals surface area contributed by atoms with Crippen LogP contribution in [0, 0.1) is 0 Å². The second-order valence-corrected chi connectivity index (χ2v) is 5.66. The summed E-state index contributed by atoms with van der Waals surface area (Å²) in [6.45, 7) is 0.929. The molecule has 0 saturated carbocycles. The monoisotopic (exact) mass is 302 g/mol. The minimum absolute atomic E-state index is 0.100. The van der Waals surface area contributed by atoms with E-state index in [4.69, 9.17) is 14.9 Å². The third-order valence-corrected chi connectivity index (χ3v) is 3.60. The molecule has 0 amide bonds. The van der Waals surface area contributed by atoms with Gasteiger partial charge >= 0.3 is 5.97 Å². The van der Waals surface area contributed by atoms with E-state index in [-0.39, 0.29) is 12.6 Å². The van der Waals surface area contributed by atoms with Crippen LogP contribution < -0.4 is 0 Å². The number of carbonyl (C=O) groups excluding carboxylic acids is 1. The standard InChI is InChI=1S/C17H34O4/c18-14-10-8-6-4-2-1-3-5-7-9-13-17(20)21-16-12-11-15-19/h18-19H,1-16H2. The van der Waals surface area contributed by atoms with Crippen molar-refractivity contribution >= 4 is 5.97 Å². The van der Waals surface area contributed by atoms with E-state index in [1.165, 1.54) is 38.5 Å². The number of rotatable bonds is 16. The highest BCUT2D eigenvalue weighted by Gasteiger charge is 2.02. The van der Waals surface area contributed by atoms with Crippen LogP contribution >= 0.6 is 0 Å². The summed E-state index contributed by atoms with van der Waals surface area (Å²) in [7, 11) is 0. The Hall–Kier alpha value is -0.610. The van der Waals surface area contributed by atoms with Crippen LogP contribution in [-0.4, -0.2) is 36.0 Å². The van der Waals surface area contributed by atoms with Gasteiger partial charge in [0.05, 0.1) is 6.61 Å². The molecule has 0 radical (unpaired) electrons. The van der Waals surface area contributed by atoms with E-state index in [0.717, 1.165) is 32.1 Å². The van der Waals surface area contributed by atoms with Gasteiger partial charge in [0.1, 0.15) is 0 Å². The first-order valence-corrected chi connectivity index (χ1v) is 8.68. The van der Waals surface area contributed by atoms with Gasteiger partial charge in [-0.3, -0.25) is 4.79 Å². The maximum atomic E-state index is 11.4. The summed E-state index contributed by atoms with van der Waals surface area (Å²) in [6, 6.07) is 0. The SMILES string of the molecule is O=C(CCCCCCCCCCCCO)OCCCCO. The lowest BCUT2D eigenvalue weighted by molar-refractivity contribution is -0.143. The van der Waals surface area contributed by atoms with E-state index in [2.05, 4.69) is 0 Å². The van der Waals surface area contributed by atoms with Crippen LogP contribution in [0.3, 0.4) is 0 Å². The van der Waals surface area contributed by atoms with Gasteiger partial charge in [0, 0.05) is 19.6 Å². The molecule has 0 spiro atoms. The predicted molar refractivity (Wildman–Crippen MR) is 85.2 cm³/mol. The summed E-state index contributed by atoms with van der Waals surface area (Å²) < 4.78 is 5.07. The molecule has 0 aliphatic carbocycles. The molecule has 0 aliphatic heterocycles. The molecule has 0 atom stereocenters. The van der Waals surface area contributed by atoms with Gasteiger partial charge in [-0.15, -0.1) is 0 Å². The molecule has 0 rings (SSSR count). The van der Waals surface area contributed by atoms with E-state index in [1.807, 2.05) is 0 Å². The molecular weight excluding hydrogens is 268 g/mol. The normalized spacial score (nSPS) is 10.8. The van der Waals surface area contributed by atoms with Gasteiger partial charge in [-0.05, 0) is 25.7 Å². The van der Waals surface area contributed by atoms with Crippen molar-refractivity contribution in [3.63, 3.8) is 0 Å². The summed E-state index contributed by atoms with van der Waals surface area (Å²) in [5.41, 5.74) is 0. The number of esters is 1. The van der Waals surface area contributed by atoms with Gasteiger partial charge in [0.25, 0.3) is 0 Å². The number of unbranched alkanes of at least 4 members (excludes halogenated alkanes) is 10. The van der Waals surface area contributed by atoms with Gasteiger partial charge < -0.3 is 14.9 Å². The zero-order chi connectivity index (χ0) is 15.6. The molecule has 0 saturated heterocycles. The van der Waals surface area contributed by atoms with Crippen LogP contribution in [0.5, 0.6) is 0 Å². The maximum absolute atomic E-state index is 11.4. The second kappa shape index (κ2) is 17.4. The zero-order valence-corrected chi connectivity index (χ0v) is 13.5. The molecule has 126 valence electrons. The molecule has 0 fully saturated rings. The number of hydrogen-bond acceptors (Lipinski definition) is 4. The highest BCUT2D eigenvalue weighted by Crippen LogP contribution is 2.11. The first-order chi connectivity index (χ1) is 10.3. The Balaban J connectivity index is 3.09. The molecular formula is C17H34O4. The number of hydrogen-bond donors (Lipinski definition) is 2. The summed E-state index contributed by atoms with van der Waals surface area (Å²) in [4.78, 5) is 11.4. The van der Waals surface area contributed by atoms with Crippen molar-refractivity contribution in [1.82, 2.24) is 0 Å². The highest BCUT2D eigenvalue weighted by molar-refractivity contribution is 5.69. The Morgan fingerprint density at radius 2 is 1.05 bits per heavy atom. The van der Waals surface area contributed by atoms with Crippen LogP contribution in [0.4, 0.5) is 0 Å². The van der Waals surface area contributed by atoms with Crippen LogP contribution in [0.1, 0.15) is 83.5 Å². The lowest BCUT2D eigenvalue weighted by Crippen LogP contribution is -2.06. The summed E-state index contributed by atoms with van der Waals surface area (Å²) in [5, 5.41) is 17.3. The smallest absolute Gasteiger partial charge is 0.305 e. The van der Waals surface area contributed by atoms with Crippen molar-refractivity contribution < 1.29 is 19.7 Å². The number of aliphatic hydroxyl groups excluding tert-OH is 2. The average molecular weight is 302 g/mol. The van der Waals surface area contributed by atoms with Crippen LogP contribution in [-0.2, 0) is 9.53 Å². The highest BCUT2D eigenvalue weighted by atomic mass is 16.5. The fraction of sp³-hybridized carbons (Fsp3) is 0.941. The van der Waals surface area contributed by atoms with E-state index in [9.17, 15) is 4.79 Å². The quantitative estimate of drug-likeness (QED) is 0.338. The van der Waals surface area contributed by atoms with Gasteiger partial charge in [-0.2, -0.15) is 0 Å². The summed E-state index contributed by atoms with van der Waals surface area (Å²) in [6.07, 6.45) is 13.7. The lowest BCUT2D eigenvalue weighted by atomic mass is 10.1. The van der Waals surface area contributed by atoms with Crippen molar-refractivity contribution in [2.24, 2.45) is 0 Å². The Kier molecular flexibility index (Phi) is 16.9. The third kappa shape index (κ3) is 17.3. The molecule has 0 aromatic rings. The van der Waals surface area contributed by atoms with Gasteiger partial charge in [-0.1, -0.05) is 51.4 Å². The van der Waals surface area contributed by atoms with Crippen LogP contribution in [0.2, 0.25) is 0 Å². The molecule has 0 heterocycles. The fourth-order valence-corrected chi connectivity index (χ4v) is 2.27. The molecule has 4 nitrogen and oxygen atoms in total. The van der Waals surface area contributed by atoms with Crippen molar-refractivity contribution in [1.29, 1.82) is 0 Å². The molecule has 0 aromatic carbocycles. The first kappa shape index (κ1) is 20.4. The van der Waals surface area contributed by atoms with E-state index in [1.54, 1.807) is 0 Å². The van der Waals surface area contributed by atoms with Crippen molar-refractivity contribution in [3.05, 3.63) is 0 Å². The van der Waals surface area contributed by atoms with Crippen molar-refractivity contribution in [3.8, 4) is 0 Å². The zero-order valence-electron chi connectivity index (χ0n) is 13.5. The minimum Gasteiger partial charge on any atom is -0.466 e. The average Bonchev–Trinajstić information content (AvgIpc) is 2.49. The fourth-order valence-electron chi connectivity index (χ4n) is 2.27. The Morgan fingerprint density at radius 1 is 0.619 bits per heavy atom. The number of carbonyl (C=O) groups is 1. The Morgan fingerprint density at radius 3 is 1.57 bits per heavy atom. The lowest BCUT2D eigenvalue weighted by Gasteiger charge is -2.04. The molecule has 0 aliphatic rings. The van der Waals surface area contributed by atoms with Crippen molar-refractivity contribution in [2.45, 2.75) is 83.5 Å². The van der Waals surface area contributed by atoms with E-state index < -0.39 is 0 Å². The van der Waals surface area contributed by atoms with Crippen LogP contribution in [0.25, 0.3) is 0 Å². The van der Waals surface area contributed by atoms with Gasteiger partial charge in [-0.25, -0.2) is 0 Å². The van der Waals surface area contributed by atoms with Gasteiger partial charge in [0.2, 0.25) is 0 Å². The van der Waals surface area contributed by atoms with Crippen molar-refractivity contribution in [2.75, 3.05) is 19.8 Å². The topological polar surface area (TPSA) is 66.8 Å². The van der Waals surface area contributed by atoms with E-state index >= 15 is 0 Å². The maximum Gasteiger partial charge on any atom is 0.305 e. The molecule has 0 unspecified atom stereocenters. The number of aliphatic hydroxyl groups is 2. The van der Waals surface area contributed by atoms with Crippen LogP contribution in [0.15, 0.2) is 0 Å². The van der Waals surface area contributed by atoms with Gasteiger partial charge in [0.15, 0.2) is 0 Å². The first-order valence-electron chi connectivity index (χ1n) is 8.68. The summed E-state index contributed by atoms with van der Waals surface area (Å²) >= 11 is 0. The summed E-state index contributed by atoms with van der Waals surface area (Å²) in [5.74, 6) is -0.100. The molecule has 0 aromatic heterocycles. The Bertz CT molecular complexity index is 219. The Labute approximate surface area is 129 Å². The third-order valence-electron chi connectivity index (χ3n) is 3.60. The predicted octanol–water partition coefficient (Wildman–Crippen LogP) is 3.59. The molecule has 4 heteroatoms.